The van der Waals surface area contributed by atoms with Crippen LogP contribution in [0.15, 0.2) is 42.6 Å². The molecule has 0 aliphatic rings. The number of H-pyrrole nitrogens is 1. The molecular formula is C19H21N3O. The van der Waals surface area contributed by atoms with Gasteiger partial charge in [0.25, 0.3) is 0 Å². The molecule has 0 aliphatic carbocycles. The van der Waals surface area contributed by atoms with E-state index in [1.165, 1.54) is 0 Å². The van der Waals surface area contributed by atoms with Gasteiger partial charge >= 0.3 is 0 Å². The van der Waals surface area contributed by atoms with Gasteiger partial charge in [-0.3, -0.25) is 0 Å². The third-order valence-corrected chi connectivity index (χ3v) is 3.91. The van der Waals surface area contributed by atoms with Crippen LogP contribution in [0.4, 0.5) is 0 Å². The number of hydrogen-bond acceptors (Lipinski definition) is 2. The van der Waals surface area contributed by atoms with Crippen LogP contribution in [-0.2, 0) is 7.05 Å². The molecule has 0 saturated carbocycles. The van der Waals surface area contributed by atoms with Gasteiger partial charge in [-0.1, -0.05) is 13.8 Å². The van der Waals surface area contributed by atoms with Crippen molar-refractivity contribution >= 4 is 21.9 Å². The third kappa shape index (κ3) is 2.57. The van der Waals surface area contributed by atoms with Crippen LogP contribution >= 0.6 is 0 Å². The summed E-state index contributed by atoms with van der Waals surface area (Å²) >= 11 is 0. The van der Waals surface area contributed by atoms with Crippen LogP contribution in [-0.4, -0.2) is 19.6 Å². The molecule has 0 aliphatic heterocycles. The number of phenolic OH excluding ortho intramolecular Hbond substituents is 1. The Morgan fingerprint density at radius 2 is 1.83 bits per heavy atom. The van der Waals surface area contributed by atoms with Gasteiger partial charge in [0.05, 0.1) is 11.4 Å². The maximum absolute atomic E-state index is 9.62. The topological polar surface area (TPSA) is 53.8 Å². The molecule has 2 N–H and O–H groups in total. The number of aromatic hydroxyl groups is 1. The number of nitrogens with zero attached hydrogens (tertiary/aromatic N) is 2. The highest BCUT2D eigenvalue weighted by Crippen LogP contribution is 2.30. The van der Waals surface area contributed by atoms with E-state index in [0.29, 0.717) is 0 Å². The molecule has 4 nitrogen and oxygen atoms in total. The minimum atomic E-state index is 0.286. The number of pyridine rings is 1. The number of aryl methyl sites for hydroxylation is 2. The first-order valence-electron chi connectivity index (χ1n) is 7.86. The second-order valence-corrected chi connectivity index (χ2v) is 5.47. The lowest BCUT2D eigenvalue weighted by atomic mass is 10.2. The van der Waals surface area contributed by atoms with Crippen LogP contribution in [0.1, 0.15) is 19.4 Å². The molecule has 4 aromatic rings. The first-order chi connectivity index (χ1) is 11.1. The van der Waals surface area contributed by atoms with Crippen molar-refractivity contribution in [3.63, 3.8) is 0 Å². The highest BCUT2D eigenvalue weighted by Gasteiger charge is 2.11. The van der Waals surface area contributed by atoms with Gasteiger partial charge in [-0.05, 0) is 48.9 Å². The molecule has 0 fully saturated rings. The Labute approximate surface area is 135 Å². The Morgan fingerprint density at radius 1 is 1.04 bits per heavy atom. The molecular weight excluding hydrogens is 286 g/mol. The average molecular weight is 307 g/mol. The molecule has 4 heteroatoms. The van der Waals surface area contributed by atoms with E-state index in [1.807, 2.05) is 40.1 Å². The van der Waals surface area contributed by atoms with E-state index in [9.17, 15) is 5.11 Å². The number of rotatable bonds is 1. The summed E-state index contributed by atoms with van der Waals surface area (Å²) in [6.45, 7) is 6.04. The lowest BCUT2D eigenvalue weighted by molar-refractivity contribution is 0.476. The van der Waals surface area contributed by atoms with Crippen LogP contribution in [0.5, 0.6) is 5.75 Å². The minimum Gasteiger partial charge on any atom is -0.508 e. The summed E-state index contributed by atoms with van der Waals surface area (Å²) < 4.78 is 2.12. The standard InChI is InChI=1S/C17H15N3O.C2H6/c1-10-5-12-7-14(19-17(12)18-9-10)16-8-11-6-13(21)3-4-15(11)20(16)2;1-2/h3-9,21H,1-2H3,(H,18,19);1-2H3. The van der Waals surface area contributed by atoms with Crippen molar-refractivity contribution in [1.29, 1.82) is 0 Å². The fourth-order valence-electron chi connectivity index (χ4n) is 2.86. The van der Waals surface area contributed by atoms with Gasteiger partial charge < -0.3 is 14.7 Å². The fraction of sp³-hybridized carbons (Fsp3) is 0.211. The van der Waals surface area contributed by atoms with E-state index in [0.717, 1.165) is 38.9 Å². The van der Waals surface area contributed by atoms with E-state index in [2.05, 4.69) is 32.7 Å². The van der Waals surface area contributed by atoms with Gasteiger partial charge in [0.15, 0.2) is 0 Å². The Bertz CT molecular complexity index is 979. The molecule has 3 heterocycles. The van der Waals surface area contributed by atoms with Crippen molar-refractivity contribution in [2.45, 2.75) is 20.8 Å². The minimum absolute atomic E-state index is 0.286. The highest BCUT2D eigenvalue weighted by molar-refractivity contribution is 5.90. The van der Waals surface area contributed by atoms with Crippen molar-refractivity contribution in [3.8, 4) is 17.1 Å². The molecule has 0 spiro atoms. The zero-order valence-corrected chi connectivity index (χ0v) is 13.9. The van der Waals surface area contributed by atoms with E-state index < -0.39 is 0 Å². The summed E-state index contributed by atoms with van der Waals surface area (Å²) in [4.78, 5) is 7.78. The zero-order chi connectivity index (χ0) is 16.6. The number of aromatic nitrogens is 3. The Balaban J connectivity index is 0.000000753. The van der Waals surface area contributed by atoms with Crippen LogP contribution in [0.3, 0.4) is 0 Å². The SMILES string of the molecule is CC.Cc1cnc2[nH]c(-c3cc4cc(O)ccc4n3C)cc2c1. The summed E-state index contributed by atoms with van der Waals surface area (Å²) in [5.41, 5.74) is 5.23. The number of benzene rings is 1. The Morgan fingerprint density at radius 3 is 2.61 bits per heavy atom. The zero-order valence-electron chi connectivity index (χ0n) is 13.9. The molecule has 0 saturated heterocycles. The summed E-state index contributed by atoms with van der Waals surface area (Å²) in [5.74, 6) is 0.286. The predicted octanol–water partition coefficient (Wildman–Crippen LogP) is 4.76. The molecule has 118 valence electrons. The van der Waals surface area contributed by atoms with Crippen LogP contribution in [0, 0.1) is 6.92 Å². The van der Waals surface area contributed by atoms with Crippen molar-refractivity contribution in [1.82, 2.24) is 14.5 Å². The number of phenols is 1. The summed E-state index contributed by atoms with van der Waals surface area (Å²) in [7, 11) is 2.03. The largest absolute Gasteiger partial charge is 0.508 e. The van der Waals surface area contributed by atoms with Gasteiger partial charge in [0, 0.05) is 29.5 Å². The van der Waals surface area contributed by atoms with Gasteiger partial charge in [-0.2, -0.15) is 0 Å². The van der Waals surface area contributed by atoms with Gasteiger partial charge in [0.1, 0.15) is 11.4 Å². The monoisotopic (exact) mass is 307 g/mol. The van der Waals surface area contributed by atoms with Crippen molar-refractivity contribution in [3.05, 3.63) is 48.2 Å². The number of aromatic amines is 1. The summed E-state index contributed by atoms with van der Waals surface area (Å²) in [6, 6.07) is 11.7. The maximum Gasteiger partial charge on any atom is 0.137 e. The smallest absolute Gasteiger partial charge is 0.137 e. The molecule has 1 aromatic carbocycles. The molecule has 23 heavy (non-hydrogen) atoms. The second kappa shape index (κ2) is 5.80. The molecule has 0 amide bonds. The van der Waals surface area contributed by atoms with Gasteiger partial charge in [0.2, 0.25) is 0 Å². The number of nitrogens with one attached hydrogen (secondary N) is 1. The van der Waals surface area contributed by atoms with Crippen LogP contribution in [0.2, 0.25) is 0 Å². The summed E-state index contributed by atoms with van der Waals surface area (Å²) in [6.07, 6.45) is 1.86. The number of fused-ring (bicyclic) bond motifs is 2. The first kappa shape index (κ1) is 15.2. The molecule has 3 aromatic heterocycles. The van der Waals surface area contributed by atoms with Crippen LogP contribution in [0.25, 0.3) is 33.3 Å². The quantitative estimate of drug-likeness (QED) is 0.532. The van der Waals surface area contributed by atoms with Crippen LogP contribution < -0.4 is 0 Å². The lowest BCUT2D eigenvalue weighted by Gasteiger charge is -2.01. The second-order valence-electron chi connectivity index (χ2n) is 5.47. The van der Waals surface area contributed by atoms with E-state index >= 15 is 0 Å². The Kier molecular flexibility index (Phi) is 3.82. The Hall–Kier alpha value is -2.75. The third-order valence-electron chi connectivity index (χ3n) is 3.91. The molecule has 4 rings (SSSR count). The van der Waals surface area contributed by atoms with E-state index in [1.54, 1.807) is 12.1 Å². The molecule has 0 unspecified atom stereocenters. The fourth-order valence-corrected chi connectivity index (χ4v) is 2.86. The van der Waals surface area contributed by atoms with E-state index in [4.69, 9.17) is 0 Å². The van der Waals surface area contributed by atoms with E-state index in [-0.39, 0.29) is 5.75 Å². The van der Waals surface area contributed by atoms with Gasteiger partial charge in [-0.25, -0.2) is 4.98 Å². The maximum atomic E-state index is 9.62. The lowest BCUT2D eigenvalue weighted by Crippen LogP contribution is -1.90. The van der Waals surface area contributed by atoms with Crippen molar-refractivity contribution < 1.29 is 5.11 Å². The first-order valence-corrected chi connectivity index (χ1v) is 7.86. The van der Waals surface area contributed by atoms with Crippen molar-refractivity contribution in [2.24, 2.45) is 7.05 Å². The molecule has 0 radical (unpaired) electrons. The van der Waals surface area contributed by atoms with Gasteiger partial charge in [-0.15, -0.1) is 0 Å². The average Bonchev–Trinajstić information content (AvgIpc) is 3.10. The normalized spacial score (nSPS) is 10.8. The van der Waals surface area contributed by atoms with Crippen molar-refractivity contribution in [2.75, 3.05) is 0 Å². The molecule has 0 bridgehead atoms. The molecule has 0 atom stereocenters. The highest BCUT2D eigenvalue weighted by atomic mass is 16.3. The summed E-state index contributed by atoms with van der Waals surface area (Å²) in [5, 5.41) is 11.8. The predicted molar refractivity (Wildman–Crippen MR) is 95.8 cm³/mol. The number of hydrogen-bond donors (Lipinski definition) is 2.